The fourth-order valence-corrected chi connectivity index (χ4v) is 4.01. The van der Waals surface area contributed by atoms with Gasteiger partial charge in [-0.1, -0.05) is 54.6 Å². The Morgan fingerprint density at radius 3 is 1.27 bits per heavy atom. The summed E-state index contributed by atoms with van der Waals surface area (Å²) in [6, 6.07) is 30.2. The lowest BCUT2D eigenvalue weighted by molar-refractivity contribution is -0.121. The van der Waals surface area contributed by atoms with Gasteiger partial charge in [-0.05, 0) is 36.4 Å². The zero-order valence-electron chi connectivity index (χ0n) is 22.0. The van der Waals surface area contributed by atoms with Gasteiger partial charge in [0.15, 0.2) is 0 Å². The molecule has 0 spiro atoms. The molecule has 196 valence electrons. The Labute approximate surface area is 221 Å². The highest BCUT2D eigenvalue weighted by Gasteiger charge is 2.10. The largest absolute Gasteiger partial charge is 0.374 e. The van der Waals surface area contributed by atoms with Crippen LogP contribution in [0.2, 0.25) is 0 Å². The minimum absolute atomic E-state index is 0.0339. The molecule has 0 aliphatic carbocycles. The SMILES string of the molecule is CN(CCC(=O)NCCN(CCNC(=O)CCN(C)c1ccccc1)c1ccccc1)c1ccccc1. The van der Waals surface area contributed by atoms with Crippen molar-refractivity contribution in [2.75, 3.05) is 68.1 Å². The lowest BCUT2D eigenvalue weighted by Crippen LogP contribution is -2.40. The molecule has 0 aliphatic rings. The topological polar surface area (TPSA) is 67.9 Å². The quantitative estimate of drug-likeness (QED) is 0.332. The number of hydrogen-bond donors (Lipinski definition) is 2. The van der Waals surface area contributed by atoms with Crippen molar-refractivity contribution in [1.82, 2.24) is 10.6 Å². The first-order valence-corrected chi connectivity index (χ1v) is 12.9. The van der Waals surface area contributed by atoms with E-state index < -0.39 is 0 Å². The molecule has 37 heavy (non-hydrogen) atoms. The summed E-state index contributed by atoms with van der Waals surface area (Å²) in [7, 11) is 3.99. The maximum atomic E-state index is 12.4. The first-order chi connectivity index (χ1) is 18.0. The van der Waals surface area contributed by atoms with E-state index in [1.165, 1.54) is 0 Å². The van der Waals surface area contributed by atoms with Crippen LogP contribution in [0.15, 0.2) is 91.0 Å². The van der Waals surface area contributed by atoms with E-state index in [2.05, 4.69) is 25.3 Å². The molecule has 0 saturated heterocycles. The maximum absolute atomic E-state index is 12.4. The van der Waals surface area contributed by atoms with Crippen LogP contribution in [0.3, 0.4) is 0 Å². The van der Waals surface area contributed by atoms with Gasteiger partial charge in [-0.3, -0.25) is 9.59 Å². The van der Waals surface area contributed by atoms with Crippen molar-refractivity contribution in [2.24, 2.45) is 0 Å². The fourth-order valence-electron chi connectivity index (χ4n) is 4.01. The summed E-state index contributed by atoms with van der Waals surface area (Å²) in [6.45, 7) is 3.72. The van der Waals surface area contributed by atoms with Crippen molar-refractivity contribution in [3.63, 3.8) is 0 Å². The molecule has 0 aliphatic heterocycles. The molecule has 0 aromatic heterocycles. The summed E-state index contributed by atoms with van der Waals surface area (Å²) in [5.74, 6) is 0.0678. The van der Waals surface area contributed by atoms with Crippen LogP contribution in [0.4, 0.5) is 17.1 Å². The van der Waals surface area contributed by atoms with Crippen LogP contribution in [0, 0.1) is 0 Å². The highest BCUT2D eigenvalue weighted by molar-refractivity contribution is 5.77. The Kier molecular flexibility index (Phi) is 11.3. The molecule has 7 nitrogen and oxygen atoms in total. The molecule has 0 saturated carbocycles. The number of amides is 2. The number of carbonyl (C=O) groups is 2. The highest BCUT2D eigenvalue weighted by Crippen LogP contribution is 2.13. The number of nitrogens with zero attached hydrogens (tertiary/aromatic N) is 3. The van der Waals surface area contributed by atoms with Crippen LogP contribution in [0.5, 0.6) is 0 Å². The van der Waals surface area contributed by atoms with Gasteiger partial charge in [0.05, 0.1) is 0 Å². The van der Waals surface area contributed by atoms with E-state index in [-0.39, 0.29) is 11.8 Å². The van der Waals surface area contributed by atoms with Crippen molar-refractivity contribution < 1.29 is 9.59 Å². The number of rotatable bonds is 15. The summed E-state index contributed by atoms with van der Waals surface area (Å²) in [5.41, 5.74) is 3.26. The first kappa shape index (κ1) is 27.6. The zero-order chi connectivity index (χ0) is 26.3. The molecule has 2 N–H and O–H groups in total. The van der Waals surface area contributed by atoms with Gasteiger partial charge in [0.2, 0.25) is 11.8 Å². The Balaban J connectivity index is 1.39. The molecule has 3 aromatic carbocycles. The van der Waals surface area contributed by atoms with Gasteiger partial charge in [-0.2, -0.15) is 0 Å². The highest BCUT2D eigenvalue weighted by atomic mass is 16.2. The van der Waals surface area contributed by atoms with Crippen molar-refractivity contribution >= 4 is 28.9 Å². The normalized spacial score (nSPS) is 10.4. The minimum atomic E-state index is 0.0339. The smallest absolute Gasteiger partial charge is 0.221 e. The van der Waals surface area contributed by atoms with Gasteiger partial charge < -0.3 is 25.3 Å². The molecule has 3 aromatic rings. The molecule has 0 bridgehead atoms. The molecular formula is C30H39N5O2. The Morgan fingerprint density at radius 1 is 0.541 bits per heavy atom. The van der Waals surface area contributed by atoms with Gasteiger partial charge in [-0.25, -0.2) is 0 Å². The predicted molar refractivity (Wildman–Crippen MR) is 153 cm³/mol. The number of anilines is 3. The van der Waals surface area contributed by atoms with E-state index in [9.17, 15) is 9.59 Å². The van der Waals surface area contributed by atoms with Crippen LogP contribution in [-0.2, 0) is 9.59 Å². The number of benzene rings is 3. The van der Waals surface area contributed by atoms with E-state index in [0.717, 1.165) is 17.1 Å². The summed E-state index contributed by atoms with van der Waals surface area (Å²) >= 11 is 0. The summed E-state index contributed by atoms with van der Waals surface area (Å²) in [5, 5.41) is 6.07. The lowest BCUT2D eigenvalue weighted by atomic mass is 10.2. The molecule has 0 radical (unpaired) electrons. The van der Waals surface area contributed by atoms with Crippen LogP contribution in [-0.4, -0.2) is 65.2 Å². The summed E-state index contributed by atoms with van der Waals surface area (Å²) in [4.78, 5) is 31.2. The molecule has 0 atom stereocenters. The van der Waals surface area contributed by atoms with E-state index >= 15 is 0 Å². The van der Waals surface area contributed by atoms with Crippen molar-refractivity contribution in [3.8, 4) is 0 Å². The minimum Gasteiger partial charge on any atom is -0.374 e. The fraction of sp³-hybridized carbons (Fsp3) is 0.333. The van der Waals surface area contributed by atoms with Gasteiger partial charge >= 0.3 is 0 Å². The third-order valence-electron chi connectivity index (χ3n) is 6.27. The standard InChI is InChI=1S/C30H39N5O2/c1-33(26-12-6-3-7-13-26)22-18-29(36)31-20-24-35(28-16-10-5-11-17-28)25-21-32-30(37)19-23-34(2)27-14-8-4-9-15-27/h3-17H,18-25H2,1-2H3,(H,31,36)(H,32,37). The Hall–Kier alpha value is -4.00. The van der Waals surface area contributed by atoms with Crippen LogP contribution >= 0.6 is 0 Å². The number of carbonyl (C=O) groups excluding carboxylic acids is 2. The predicted octanol–water partition coefficient (Wildman–Crippen LogP) is 3.78. The van der Waals surface area contributed by atoms with E-state index in [4.69, 9.17) is 0 Å². The average molecular weight is 502 g/mol. The molecule has 0 heterocycles. The number of para-hydroxylation sites is 3. The summed E-state index contributed by atoms with van der Waals surface area (Å²) in [6.07, 6.45) is 0.869. The molecule has 7 heteroatoms. The first-order valence-electron chi connectivity index (χ1n) is 12.9. The van der Waals surface area contributed by atoms with E-state index in [1.807, 2.05) is 105 Å². The van der Waals surface area contributed by atoms with Gasteiger partial charge in [0.1, 0.15) is 0 Å². The monoisotopic (exact) mass is 501 g/mol. The maximum Gasteiger partial charge on any atom is 0.221 e. The average Bonchev–Trinajstić information content (AvgIpc) is 2.95. The van der Waals surface area contributed by atoms with Gasteiger partial charge in [-0.15, -0.1) is 0 Å². The molecule has 3 rings (SSSR count). The zero-order valence-corrected chi connectivity index (χ0v) is 22.0. The number of nitrogens with one attached hydrogen (secondary N) is 2. The molecular weight excluding hydrogens is 462 g/mol. The van der Waals surface area contributed by atoms with E-state index in [1.54, 1.807) is 0 Å². The van der Waals surface area contributed by atoms with Crippen LogP contribution < -0.4 is 25.3 Å². The van der Waals surface area contributed by atoms with Crippen molar-refractivity contribution in [3.05, 3.63) is 91.0 Å². The Bertz CT molecular complexity index is 996. The van der Waals surface area contributed by atoms with Crippen molar-refractivity contribution in [1.29, 1.82) is 0 Å². The van der Waals surface area contributed by atoms with Crippen LogP contribution in [0.1, 0.15) is 12.8 Å². The van der Waals surface area contributed by atoms with Gasteiger partial charge in [0, 0.05) is 83.3 Å². The van der Waals surface area contributed by atoms with Crippen LogP contribution in [0.25, 0.3) is 0 Å². The third kappa shape index (κ3) is 9.88. The molecule has 0 fully saturated rings. The van der Waals surface area contributed by atoms with Crippen molar-refractivity contribution in [2.45, 2.75) is 12.8 Å². The second-order valence-electron chi connectivity index (χ2n) is 9.04. The Morgan fingerprint density at radius 2 is 0.892 bits per heavy atom. The second kappa shape index (κ2) is 15.2. The lowest BCUT2D eigenvalue weighted by Gasteiger charge is -2.25. The second-order valence-corrected chi connectivity index (χ2v) is 9.04. The van der Waals surface area contributed by atoms with E-state index in [0.29, 0.717) is 52.1 Å². The number of hydrogen-bond acceptors (Lipinski definition) is 5. The molecule has 0 unspecified atom stereocenters. The molecule has 2 amide bonds. The summed E-state index contributed by atoms with van der Waals surface area (Å²) < 4.78 is 0. The third-order valence-corrected chi connectivity index (χ3v) is 6.27. The van der Waals surface area contributed by atoms with Gasteiger partial charge in [0.25, 0.3) is 0 Å².